The number of nitrogens with two attached hydrogens (primary N) is 1. The van der Waals surface area contributed by atoms with Crippen LogP contribution in [0.4, 0.5) is 13.2 Å². The highest BCUT2D eigenvalue weighted by Gasteiger charge is 2.37. The first-order chi connectivity index (χ1) is 5.91. The van der Waals surface area contributed by atoms with Crippen molar-refractivity contribution in [2.75, 3.05) is 0 Å². The Kier molecular flexibility index (Phi) is 2.56. The minimum absolute atomic E-state index is 0.0156. The lowest BCUT2D eigenvalue weighted by Crippen LogP contribution is -2.28. The van der Waals surface area contributed by atoms with Crippen LogP contribution in [0, 0.1) is 6.92 Å². The second-order valence-corrected chi connectivity index (χ2v) is 2.75. The molecule has 0 aliphatic heterocycles. The van der Waals surface area contributed by atoms with E-state index in [4.69, 9.17) is 5.73 Å². The number of rotatable bonds is 1. The maximum absolute atomic E-state index is 12.1. The Morgan fingerprint density at radius 1 is 1.38 bits per heavy atom. The average Bonchev–Trinajstić information content (AvgIpc) is 2.03. The van der Waals surface area contributed by atoms with Gasteiger partial charge in [-0.25, -0.2) is 0 Å². The van der Waals surface area contributed by atoms with Gasteiger partial charge in [0.1, 0.15) is 6.04 Å². The summed E-state index contributed by atoms with van der Waals surface area (Å²) < 4.78 is 36.2. The average molecular weight is 190 g/mol. The van der Waals surface area contributed by atoms with Crippen LogP contribution in [0.2, 0.25) is 0 Å². The van der Waals surface area contributed by atoms with Gasteiger partial charge >= 0.3 is 6.18 Å². The Morgan fingerprint density at radius 2 is 2.00 bits per heavy atom. The SMILES string of the molecule is Cc1ccc([C@@H](N)C(F)(F)F)cn1. The van der Waals surface area contributed by atoms with Crippen molar-refractivity contribution in [1.29, 1.82) is 0 Å². The van der Waals surface area contributed by atoms with E-state index in [-0.39, 0.29) is 5.56 Å². The second-order valence-electron chi connectivity index (χ2n) is 2.75. The molecule has 5 heteroatoms. The molecule has 0 bridgehead atoms. The summed E-state index contributed by atoms with van der Waals surface area (Å²) in [6.45, 7) is 1.70. The van der Waals surface area contributed by atoms with Gasteiger partial charge in [0, 0.05) is 11.9 Å². The summed E-state index contributed by atoms with van der Waals surface area (Å²) in [4.78, 5) is 3.73. The maximum Gasteiger partial charge on any atom is 0.407 e. The van der Waals surface area contributed by atoms with Crippen LogP contribution in [0.25, 0.3) is 0 Å². The normalized spacial score (nSPS) is 14.2. The summed E-state index contributed by atoms with van der Waals surface area (Å²) >= 11 is 0. The van der Waals surface area contributed by atoms with Crippen molar-refractivity contribution >= 4 is 0 Å². The molecule has 1 atom stereocenters. The van der Waals surface area contributed by atoms with Crippen molar-refractivity contribution in [2.45, 2.75) is 19.1 Å². The number of nitrogens with zero attached hydrogens (tertiary/aromatic N) is 1. The topological polar surface area (TPSA) is 38.9 Å². The number of alkyl halides is 3. The molecule has 0 fully saturated rings. The Bertz CT molecular complexity index is 278. The van der Waals surface area contributed by atoms with Gasteiger partial charge in [-0.2, -0.15) is 13.2 Å². The molecule has 0 aliphatic rings. The quantitative estimate of drug-likeness (QED) is 0.735. The lowest BCUT2D eigenvalue weighted by atomic mass is 10.1. The molecule has 0 spiro atoms. The molecule has 0 unspecified atom stereocenters. The molecule has 2 nitrogen and oxygen atoms in total. The van der Waals surface area contributed by atoms with E-state index in [0.29, 0.717) is 5.69 Å². The fraction of sp³-hybridized carbons (Fsp3) is 0.375. The molecular formula is C8H9F3N2. The molecular weight excluding hydrogens is 181 g/mol. The van der Waals surface area contributed by atoms with Crippen molar-refractivity contribution in [3.05, 3.63) is 29.6 Å². The van der Waals surface area contributed by atoms with Crippen LogP contribution >= 0.6 is 0 Å². The standard InChI is InChI=1S/C8H9F3N2/c1-5-2-3-6(4-13-5)7(12)8(9,10)11/h2-4,7H,12H2,1H3/t7-/m1/s1. The van der Waals surface area contributed by atoms with Crippen molar-refractivity contribution in [3.8, 4) is 0 Å². The molecule has 1 aromatic rings. The summed E-state index contributed by atoms with van der Waals surface area (Å²) in [5, 5.41) is 0. The molecule has 0 aliphatic carbocycles. The van der Waals surface area contributed by atoms with E-state index < -0.39 is 12.2 Å². The summed E-state index contributed by atoms with van der Waals surface area (Å²) in [7, 11) is 0. The van der Waals surface area contributed by atoms with Crippen molar-refractivity contribution in [2.24, 2.45) is 5.73 Å². The van der Waals surface area contributed by atoms with Gasteiger partial charge in [-0.3, -0.25) is 4.98 Å². The first-order valence-electron chi connectivity index (χ1n) is 3.66. The van der Waals surface area contributed by atoms with Crippen molar-refractivity contribution in [3.63, 3.8) is 0 Å². The third-order valence-corrected chi connectivity index (χ3v) is 1.65. The first-order valence-corrected chi connectivity index (χ1v) is 3.66. The van der Waals surface area contributed by atoms with Gasteiger partial charge in [-0.1, -0.05) is 6.07 Å². The van der Waals surface area contributed by atoms with Crippen LogP contribution in [0.1, 0.15) is 17.3 Å². The molecule has 13 heavy (non-hydrogen) atoms. The highest BCUT2D eigenvalue weighted by Crippen LogP contribution is 2.29. The van der Waals surface area contributed by atoms with Crippen molar-refractivity contribution < 1.29 is 13.2 Å². The number of halogens is 3. The van der Waals surface area contributed by atoms with E-state index in [1.165, 1.54) is 12.1 Å². The van der Waals surface area contributed by atoms with E-state index >= 15 is 0 Å². The van der Waals surface area contributed by atoms with Gasteiger partial charge in [-0.05, 0) is 18.6 Å². The molecule has 0 aromatic carbocycles. The fourth-order valence-corrected chi connectivity index (χ4v) is 0.852. The van der Waals surface area contributed by atoms with E-state index in [0.717, 1.165) is 6.20 Å². The molecule has 1 heterocycles. The molecule has 0 amide bonds. The van der Waals surface area contributed by atoms with Crippen molar-refractivity contribution in [1.82, 2.24) is 4.98 Å². The van der Waals surface area contributed by atoms with Crippen LogP contribution in [-0.4, -0.2) is 11.2 Å². The lowest BCUT2D eigenvalue weighted by Gasteiger charge is -2.15. The Balaban J connectivity index is 2.90. The monoisotopic (exact) mass is 190 g/mol. The van der Waals surface area contributed by atoms with Crippen LogP contribution in [0.15, 0.2) is 18.3 Å². The van der Waals surface area contributed by atoms with Gasteiger partial charge in [-0.15, -0.1) is 0 Å². The summed E-state index contributed by atoms with van der Waals surface area (Å²) in [5.41, 5.74) is 5.61. The smallest absolute Gasteiger partial charge is 0.316 e. The molecule has 0 saturated heterocycles. The third kappa shape index (κ3) is 2.42. The summed E-state index contributed by atoms with van der Waals surface area (Å²) in [5.74, 6) is 0. The molecule has 72 valence electrons. The van der Waals surface area contributed by atoms with Crippen LogP contribution in [0.3, 0.4) is 0 Å². The number of aromatic nitrogens is 1. The highest BCUT2D eigenvalue weighted by molar-refractivity contribution is 5.18. The lowest BCUT2D eigenvalue weighted by molar-refractivity contribution is -0.149. The second kappa shape index (κ2) is 3.33. The van der Waals surface area contributed by atoms with E-state index in [2.05, 4.69) is 4.98 Å². The van der Waals surface area contributed by atoms with E-state index in [1.807, 2.05) is 0 Å². The minimum Gasteiger partial charge on any atom is -0.316 e. The Labute approximate surface area is 73.6 Å². The van der Waals surface area contributed by atoms with Crippen LogP contribution in [-0.2, 0) is 0 Å². The number of hydrogen-bond donors (Lipinski definition) is 1. The highest BCUT2D eigenvalue weighted by atomic mass is 19.4. The van der Waals surface area contributed by atoms with Crippen LogP contribution in [0.5, 0.6) is 0 Å². The van der Waals surface area contributed by atoms with Crippen LogP contribution < -0.4 is 5.73 Å². The first kappa shape index (κ1) is 9.98. The minimum atomic E-state index is -4.41. The number of hydrogen-bond acceptors (Lipinski definition) is 2. The summed E-state index contributed by atoms with van der Waals surface area (Å²) in [6.07, 6.45) is -3.26. The molecule has 0 saturated carbocycles. The number of pyridine rings is 1. The van der Waals surface area contributed by atoms with Gasteiger partial charge in [0.25, 0.3) is 0 Å². The van der Waals surface area contributed by atoms with Gasteiger partial charge in [0.2, 0.25) is 0 Å². The predicted octanol–water partition coefficient (Wildman–Crippen LogP) is 1.95. The molecule has 0 radical (unpaired) electrons. The van der Waals surface area contributed by atoms with E-state index in [1.54, 1.807) is 6.92 Å². The maximum atomic E-state index is 12.1. The Hall–Kier alpha value is -1.10. The summed E-state index contributed by atoms with van der Waals surface area (Å²) in [6, 6.07) is 0.891. The largest absolute Gasteiger partial charge is 0.407 e. The zero-order valence-electron chi connectivity index (χ0n) is 6.97. The fourth-order valence-electron chi connectivity index (χ4n) is 0.852. The molecule has 1 rings (SSSR count). The van der Waals surface area contributed by atoms with E-state index in [9.17, 15) is 13.2 Å². The van der Waals surface area contributed by atoms with Gasteiger partial charge < -0.3 is 5.73 Å². The molecule has 2 N–H and O–H groups in total. The zero-order valence-corrected chi connectivity index (χ0v) is 6.97. The zero-order chi connectivity index (χ0) is 10.1. The predicted molar refractivity (Wildman–Crippen MR) is 42.0 cm³/mol. The molecule has 1 aromatic heterocycles. The number of aryl methyl sites for hydroxylation is 1. The van der Waals surface area contributed by atoms with Gasteiger partial charge in [0.05, 0.1) is 0 Å². The van der Waals surface area contributed by atoms with Gasteiger partial charge in [0.15, 0.2) is 0 Å². The third-order valence-electron chi connectivity index (χ3n) is 1.65. The Morgan fingerprint density at radius 3 is 2.38 bits per heavy atom.